The molecule has 2 aromatic heterocycles. The highest BCUT2D eigenvalue weighted by Gasteiger charge is 2.31. The number of hydrogen-bond acceptors (Lipinski definition) is 6. The first-order valence-electron chi connectivity index (χ1n) is 9.72. The van der Waals surface area contributed by atoms with Crippen LogP contribution in [-0.4, -0.2) is 31.1 Å². The summed E-state index contributed by atoms with van der Waals surface area (Å²) < 4.78 is 14.2. The van der Waals surface area contributed by atoms with Crippen molar-refractivity contribution in [3.05, 3.63) is 63.4 Å². The number of aromatic nitrogens is 5. The van der Waals surface area contributed by atoms with E-state index in [1.54, 1.807) is 4.57 Å². The van der Waals surface area contributed by atoms with Gasteiger partial charge in [0.2, 0.25) is 5.89 Å². The summed E-state index contributed by atoms with van der Waals surface area (Å²) in [4.78, 5) is 17.2. The molecule has 8 heteroatoms. The van der Waals surface area contributed by atoms with Gasteiger partial charge in [-0.25, -0.2) is 9.48 Å². The van der Waals surface area contributed by atoms with Crippen molar-refractivity contribution in [3.63, 3.8) is 0 Å². The van der Waals surface area contributed by atoms with Crippen LogP contribution in [0.15, 0.2) is 33.6 Å². The standard InChI is InChI=1S/C20H25N5O3/c1-4-24-19(18-14(3)9-10-27-18)22-25(20(24)26)12-17-21-16(23-28-17)11-15-8-6-5-7-13(15)2/h5-8,14,18H,4,9-12H2,1-3H3/t14-,18+/m1/s1. The minimum Gasteiger partial charge on any atom is -0.370 e. The van der Waals surface area contributed by atoms with Gasteiger partial charge in [-0.15, -0.1) is 0 Å². The van der Waals surface area contributed by atoms with Gasteiger partial charge in [0.25, 0.3) is 0 Å². The molecule has 8 nitrogen and oxygen atoms in total. The van der Waals surface area contributed by atoms with Crippen molar-refractivity contribution in [2.45, 2.75) is 52.8 Å². The number of rotatable bonds is 6. The number of hydrogen-bond donors (Lipinski definition) is 0. The van der Waals surface area contributed by atoms with Crippen molar-refractivity contribution in [2.24, 2.45) is 5.92 Å². The topological polar surface area (TPSA) is 88.0 Å². The van der Waals surface area contributed by atoms with Crippen molar-refractivity contribution in [1.82, 2.24) is 24.5 Å². The average molecular weight is 383 g/mol. The monoisotopic (exact) mass is 383 g/mol. The SMILES string of the molecule is CCn1c([C@H]2OCC[C@H]2C)nn(Cc2nc(Cc3ccccc3C)no2)c1=O. The summed E-state index contributed by atoms with van der Waals surface area (Å²) in [6.07, 6.45) is 1.42. The van der Waals surface area contributed by atoms with E-state index in [-0.39, 0.29) is 18.3 Å². The Morgan fingerprint density at radius 1 is 1.29 bits per heavy atom. The molecule has 0 amide bonds. The van der Waals surface area contributed by atoms with E-state index in [2.05, 4.69) is 35.2 Å². The molecule has 0 saturated carbocycles. The molecule has 1 aliphatic heterocycles. The van der Waals surface area contributed by atoms with Gasteiger partial charge in [0.15, 0.2) is 11.6 Å². The number of ether oxygens (including phenoxy) is 1. The van der Waals surface area contributed by atoms with Crippen molar-refractivity contribution >= 4 is 0 Å². The second kappa shape index (κ2) is 7.71. The Labute approximate surface area is 163 Å². The number of benzene rings is 1. The molecule has 1 aromatic carbocycles. The minimum absolute atomic E-state index is 0.145. The summed E-state index contributed by atoms with van der Waals surface area (Å²) >= 11 is 0. The Morgan fingerprint density at radius 2 is 2.11 bits per heavy atom. The van der Waals surface area contributed by atoms with Crippen molar-refractivity contribution < 1.29 is 9.26 Å². The Balaban J connectivity index is 1.55. The maximum absolute atomic E-state index is 12.7. The lowest BCUT2D eigenvalue weighted by atomic mass is 10.0. The molecule has 1 fully saturated rings. The van der Waals surface area contributed by atoms with Gasteiger partial charge in [0.05, 0.1) is 0 Å². The van der Waals surface area contributed by atoms with Crippen LogP contribution >= 0.6 is 0 Å². The highest BCUT2D eigenvalue weighted by atomic mass is 16.5. The second-order valence-electron chi connectivity index (χ2n) is 7.31. The van der Waals surface area contributed by atoms with Crippen LogP contribution < -0.4 is 5.69 Å². The van der Waals surface area contributed by atoms with Crippen molar-refractivity contribution in [3.8, 4) is 0 Å². The molecule has 0 aliphatic carbocycles. The summed E-state index contributed by atoms with van der Waals surface area (Å²) in [5.74, 6) is 1.99. The molecule has 0 unspecified atom stereocenters. The van der Waals surface area contributed by atoms with Crippen LogP contribution in [0.4, 0.5) is 0 Å². The average Bonchev–Trinajstić information content (AvgIpc) is 3.37. The molecule has 0 spiro atoms. The van der Waals surface area contributed by atoms with Crippen molar-refractivity contribution in [2.75, 3.05) is 6.61 Å². The van der Waals surface area contributed by atoms with E-state index in [1.165, 1.54) is 10.2 Å². The van der Waals surface area contributed by atoms with E-state index in [1.807, 2.05) is 25.1 Å². The quantitative estimate of drug-likeness (QED) is 0.650. The lowest BCUT2D eigenvalue weighted by Gasteiger charge is -2.13. The normalized spacial score (nSPS) is 19.4. The molecule has 0 N–H and O–H groups in total. The minimum atomic E-state index is -0.182. The fourth-order valence-corrected chi connectivity index (χ4v) is 3.63. The molecule has 28 heavy (non-hydrogen) atoms. The van der Waals surface area contributed by atoms with E-state index >= 15 is 0 Å². The summed E-state index contributed by atoms with van der Waals surface area (Å²) in [6.45, 7) is 7.51. The Morgan fingerprint density at radius 3 is 2.82 bits per heavy atom. The zero-order valence-electron chi connectivity index (χ0n) is 16.5. The van der Waals surface area contributed by atoms with Crippen molar-refractivity contribution in [1.29, 1.82) is 0 Å². The maximum atomic E-state index is 12.7. The van der Waals surface area contributed by atoms with E-state index in [0.717, 1.165) is 12.0 Å². The third-order valence-corrected chi connectivity index (χ3v) is 5.31. The van der Waals surface area contributed by atoms with Crippen LogP contribution in [0.2, 0.25) is 0 Å². The van der Waals surface area contributed by atoms with Gasteiger partial charge < -0.3 is 9.26 Å². The molecule has 1 saturated heterocycles. The van der Waals surface area contributed by atoms with Crippen LogP contribution in [0.5, 0.6) is 0 Å². The molecule has 1 aliphatic rings. The van der Waals surface area contributed by atoms with Gasteiger partial charge in [-0.2, -0.15) is 10.1 Å². The summed E-state index contributed by atoms with van der Waals surface area (Å²) in [7, 11) is 0. The molecule has 0 radical (unpaired) electrons. The molecule has 2 atom stereocenters. The highest BCUT2D eigenvalue weighted by molar-refractivity contribution is 5.27. The van der Waals surface area contributed by atoms with Crippen LogP contribution in [0.3, 0.4) is 0 Å². The fraction of sp³-hybridized carbons (Fsp3) is 0.500. The van der Waals surface area contributed by atoms with Gasteiger partial charge in [-0.05, 0) is 37.3 Å². The third-order valence-electron chi connectivity index (χ3n) is 5.31. The summed E-state index contributed by atoms with van der Waals surface area (Å²) in [5.41, 5.74) is 2.15. The lowest BCUT2D eigenvalue weighted by molar-refractivity contribution is 0.0836. The zero-order valence-corrected chi connectivity index (χ0v) is 16.5. The van der Waals surface area contributed by atoms with Crippen LogP contribution in [0.25, 0.3) is 0 Å². The Bertz CT molecular complexity index is 1020. The Hall–Kier alpha value is -2.74. The van der Waals surface area contributed by atoms with Gasteiger partial charge >= 0.3 is 5.69 Å². The van der Waals surface area contributed by atoms with Gasteiger partial charge in [0, 0.05) is 19.6 Å². The number of nitrogens with zero attached hydrogens (tertiary/aromatic N) is 5. The van der Waals surface area contributed by atoms with E-state index in [9.17, 15) is 4.79 Å². The van der Waals surface area contributed by atoms with Crippen LogP contribution in [0.1, 0.15) is 55.0 Å². The molecule has 4 rings (SSSR count). The molecular weight excluding hydrogens is 358 g/mol. The third kappa shape index (κ3) is 3.52. The molecule has 148 valence electrons. The lowest BCUT2D eigenvalue weighted by Crippen LogP contribution is -2.26. The molecular formula is C20H25N5O3. The first kappa shape index (κ1) is 18.6. The second-order valence-corrected chi connectivity index (χ2v) is 7.31. The summed E-state index contributed by atoms with van der Waals surface area (Å²) in [5, 5.41) is 8.59. The zero-order chi connectivity index (χ0) is 19.7. The molecule has 3 aromatic rings. The summed E-state index contributed by atoms with van der Waals surface area (Å²) in [6, 6.07) is 8.10. The first-order chi connectivity index (χ1) is 13.6. The van der Waals surface area contributed by atoms with Gasteiger partial charge in [-0.1, -0.05) is 36.3 Å². The fourth-order valence-electron chi connectivity index (χ4n) is 3.63. The van der Waals surface area contributed by atoms with Crippen LogP contribution in [-0.2, 0) is 24.2 Å². The predicted octanol–water partition coefficient (Wildman–Crippen LogP) is 2.49. The molecule has 0 bridgehead atoms. The van der Waals surface area contributed by atoms with E-state index in [0.29, 0.717) is 43.0 Å². The smallest absolute Gasteiger partial charge is 0.346 e. The van der Waals surface area contributed by atoms with Crippen LogP contribution in [0, 0.1) is 12.8 Å². The van der Waals surface area contributed by atoms with Gasteiger partial charge in [-0.3, -0.25) is 4.57 Å². The number of aryl methyl sites for hydroxylation is 1. The van der Waals surface area contributed by atoms with Gasteiger partial charge in [0.1, 0.15) is 12.6 Å². The van der Waals surface area contributed by atoms with E-state index in [4.69, 9.17) is 9.26 Å². The Kier molecular flexibility index (Phi) is 5.13. The molecule has 3 heterocycles. The largest absolute Gasteiger partial charge is 0.370 e. The maximum Gasteiger partial charge on any atom is 0.346 e. The van der Waals surface area contributed by atoms with E-state index < -0.39 is 0 Å². The predicted molar refractivity (Wildman–Crippen MR) is 102 cm³/mol. The highest BCUT2D eigenvalue weighted by Crippen LogP contribution is 2.32. The first-order valence-corrected chi connectivity index (χ1v) is 9.72.